The molecule has 9 nitrogen and oxygen atoms in total. The summed E-state index contributed by atoms with van der Waals surface area (Å²) in [5.74, 6) is 0.194. The number of nitrogen functional groups attached to an aromatic ring is 1. The van der Waals surface area contributed by atoms with Crippen LogP contribution in [0.3, 0.4) is 0 Å². The number of fused-ring (bicyclic) bond motifs is 3. The standard InChI is InChI=1S/C21H22N6O3/c1-2-19(28)30-10-8-26-12-15-20(25-26)14-4-3-13(11-16(14)24-21(15)22)17-5-7-23-27(17)18-6-9-29-18/h3-5,7,11-12,18H,2,6,8-10H2,1H3,(H2,22,24). The van der Waals surface area contributed by atoms with E-state index >= 15 is 0 Å². The van der Waals surface area contributed by atoms with Crippen molar-refractivity contribution in [1.82, 2.24) is 24.5 Å². The van der Waals surface area contributed by atoms with E-state index in [2.05, 4.69) is 15.2 Å². The molecule has 0 saturated carbocycles. The van der Waals surface area contributed by atoms with Crippen LogP contribution in [-0.4, -0.2) is 43.7 Å². The predicted octanol–water partition coefficient (Wildman–Crippen LogP) is 2.90. The average molecular weight is 406 g/mol. The van der Waals surface area contributed by atoms with E-state index in [4.69, 9.17) is 15.2 Å². The maximum absolute atomic E-state index is 11.3. The lowest BCUT2D eigenvalue weighted by Crippen LogP contribution is -2.25. The molecule has 4 heterocycles. The summed E-state index contributed by atoms with van der Waals surface area (Å²) in [5, 5.41) is 10.8. The van der Waals surface area contributed by atoms with Crippen LogP contribution in [0.25, 0.3) is 33.1 Å². The van der Waals surface area contributed by atoms with Gasteiger partial charge in [0.2, 0.25) is 0 Å². The SMILES string of the molecule is CCC(=O)OCCn1cc2c(N)nc3cc(-c4ccnn4C4CCO4)ccc3c2n1. The summed E-state index contributed by atoms with van der Waals surface area (Å²) in [4.78, 5) is 15.9. The molecule has 154 valence electrons. The van der Waals surface area contributed by atoms with Crippen LogP contribution >= 0.6 is 0 Å². The predicted molar refractivity (Wildman–Crippen MR) is 112 cm³/mol. The lowest BCUT2D eigenvalue weighted by Gasteiger charge is -2.28. The van der Waals surface area contributed by atoms with E-state index in [1.165, 1.54) is 0 Å². The highest BCUT2D eigenvalue weighted by atomic mass is 16.5. The number of nitrogens with two attached hydrogens (primary N) is 1. The first-order valence-electron chi connectivity index (χ1n) is 10.0. The van der Waals surface area contributed by atoms with Gasteiger partial charge in [0.15, 0.2) is 6.23 Å². The molecule has 1 saturated heterocycles. The largest absolute Gasteiger partial charge is 0.464 e. The van der Waals surface area contributed by atoms with Crippen molar-refractivity contribution in [3.05, 3.63) is 36.7 Å². The zero-order valence-electron chi connectivity index (χ0n) is 16.6. The molecule has 30 heavy (non-hydrogen) atoms. The molecule has 1 fully saturated rings. The van der Waals surface area contributed by atoms with Crippen molar-refractivity contribution in [2.24, 2.45) is 0 Å². The number of ether oxygens (including phenoxy) is 2. The molecule has 1 unspecified atom stereocenters. The summed E-state index contributed by atoms with van der Waals surface area (Å²) < 4.78 is 14.4. The Balaban J connectivity index is 1.50. The smallest absolute Gasteiger partial charge is 0.305 e. The van der Waals surface area contributed by atoms with Crippen LogP contribution in [-0.2, 0) is 20.8 Å². The molecule has 0 aliphatic carbocycles. The summed E-state index contributed by atoms with van der Waals surface area (Å²) in [6, 6.07) is 8.01. The Hall–Kier alpha value is -3.46. The maximum atomic E-state index is 11.3. The van der Waals surface area contributed by atoms with Gasteiger partial charge < -0.3 is 15.2 Å². The van der Waals surface area contributed by atoms with E-state index in [-0.39, 0.29) is 18.8 Å². The molecule has 0 amide bonds. The van der Waals surface area contributed by atoms with Gasteiger partial charge in [0.1, 0.15) is 17.9 Å². The molecule has 1 aromatic carbocycles. The molecule has 5 rings (SSSR count). The Morgan fingerprint density at radius 3 is 2.97 bits per heavy atom. The molecule has 3 aromatic heterocycles. The first kappa shape index (κ1) is 18.6. The van der Waals surface area contributed by atoms with E-state index in [1.807, 2.05) is 35.1 Å². The summed E-state index contributed by atoms with van der Waals surface area (Å²) in [6.45, 7) is 3.25. The van der Waals surface area contributed by atoms with Crippen molar-refractivity contribution in [3.63, 3.8) is 0 Å². The monoisotopic (exact) mass is 406 g/mol. The minimum Gasteiger partial charge on any atom is -0.464 e. The first-order chi connectivity index (χ1) is 14.6. The molecule has 2 N–H and O–H groups in total. The van der Waals surface area contributed by atoms with Gasteiger partial charge in [-0.25, -0.2) is 9.67 Å². The zero-order chi connectivity index (χ0) is 20.7. The maximum Gasteiger partial charge on any atom is 0.305 e. The minimum atomic E-state index is -0.225. The fraction of sp³-hybridized carbons (Fsp3) is 0.333. The Kier molecular flexibility index (Phi) is 4.59. The lowest BCUT2D eigenvalue weighted by molar-refractivity contribution is -0.143. The normalized spacial score (nSPS) is 16.1. The van der Waals surface area contributed by atoms with Crippen LogP contribution in [0.4, 0.5) is 5.82 Å². The molecule has 1 aliphatic rings. The number of hydrogen-bond acceptors (Lipinski definition) is 7. The quantitative estimate of drug-likeness (QED) is 0.490. The number of anilines is 1. The van der Waals surface area contributed by atoms with Crippen molar-refractivity contribution in [3.8, 4) is 11.3 Å². The van der Waals surface area contributed by atoms with Gasteiger partial charge in [-0.2, -0.15) is 10.2 Å². The summed E-state index contributed by atoms with van der Waals surface area (Å²) >= 11 is 0. The molecule has 0 spiro atoms. The summed E-state index contributed by atoms with van der Waals surface area (Å²) in [7, 11) is 0. The van der Waals surface area contributed by atoms with Gasteiger partial charge in [0.05, 0.1) is 29.7 Å². The van der Waals surface area contributed by atoms with Crippen LogP contribution in [0.5, 0.6) is 0 Å². The summed E-state index contributed by atoms with van der Waals surface area (Å²) in [5.41, 5.74) is 9.74. The Morgan fingerprint density at radius 2 is 2.20 bits per heavy atom. The number of carbonyl (C=O) groups is 1. The van der Waals surface area contributed by atoms with E-state index in [0.717, 1.165) is 46.1 Å². The fourth-order valence-electron chi connectivity index (χ4n) is 3.64. The Morgan fingerprint density at radius 1 is 1.33 bits per heavy atom. The number of carbonyl (C=O) groups excluding carboxylic acids is 1. The summed E-state index contributed by atoms with van der Waals surface area (Å²) in [6.07, 6.45) is 4.92. The lowest BCUT2D eigenvalue weighted by atomic mass is 10.1. The number of pyridine rings is 1. The van der Waals surface area contributed by atoms with E-state index in [1.54, 1.807) is 17.8 Å². The molecular weight excluding hydrogens is 384 g/mol. The van der Waals surface area contributed by atoms with Gasteiger partial charge in [-0.05, 0) is 18.2 Å². The highest BCUT2D eigenvalue weighted by molar-refractivity contribution is 6.08. The topological polar surface area (TPSA) is 110 Å². The second-order valence-electron chi connectivity index (χ2n) is 7.23. The highest BCUT2D eigenvalue weighted by Gasteiger charge is 2.23. The zero-order valence-corrected chi connectivity index (χ0v) is 16.6. The Bertz CT molecular complexity index is 1240. The number of rotatable bonds is 6. The third-order valence-corrected chi connectivity index (χ3v) is 5.32. The molecule has 1 aliphatic heterocycles. The van der Waals surface area contributed by atoms with Gasteiger partial charge in [-0.1, -0.05) is 13.0 Å². The van der Waals surface area contributed by atoms with Gasteiger partial charge >= 0.3 is 5.97 Å². The number of benzene rings is 1. The second kappa shape index (κ2) is 7.42. The van der Waals surface area contributed by atoms with Gasteiger partial charge in [-0.3, -0.25) is 9.48 Å². The van der Waals surface area contributed by atoms with E-state index in [9.17, 15) is 4.79 Å². The van der Waals surface area contributed by atoms with E-state index in [0.29, 0.717) is 18.8 Å². The third-order valence-electron chi connectivity index (χ3n) is 5.32. The van der Waals surface area contributed by atoms with Crippen molar-refractivity contribution >= 4 is 33.6 Å². The number of hydrogen-bond donors (Lipinski definition) is 1. The fourth-order valence-corrected chi connectivity index (χ4v) is 3.64. The number of aromatic nitrogens is 5. The van der Waals surface area contributed by atoms with Crippen molar-refractivity contribution < 1.29 is 14.3 Å². The van der Waals surface area contributed by atoms with Crippen LogP contribution in [0.2, 0.25) is 0 Å². The van der Waals surface area contributed by atoms with Crippen molar-refractivity contribution in [1.29, 1.82) is 0 Å². The molecule has 9 heteroatoms. The molecule has 1 atom stereocenters. The molecule has 4 aromatic rings. The van der Waals surface area contributed by atoms with E-state index < -0.39 is 0 Å². The van der Waals surface area contributed by atoms with Crippen molar-refractivity contribution in [2.75, 3.05) is 18.9 Å². The van der Waals surface area contributed by atoms with Crippen LogP contribution in [0.15, 0.2) is 36.7 Å². The minimum absolute atomic E-state index is 0.0105. The van der Waals surface area contributed by atoms with Gasteiger partial charge in [0.25, 0.3) is 0 Å². The second-order valence-corrected chi connectivity index (χ2v) is 7.23. The average Bonchev–Trinajstić information content (AvgIpc) is 3.34. The third kappa shape index (κ3) is 3.17. The van der Waals surface area contributed by atoms with Crippen molar-refractivity contribution in [2.45, 2.75) is 32.5 Å². The van der Waals surface area contributed by atoms with Crippen LogP contribution < -0.4 is 5.73 Å². The number of nitrogens with zero attached hydrogens (tertiary/aromatic N) is 5. The first-order valence-corrected chi connectivity index (χ1v) is 10.0. The highest BCUT2D eigenvalue weighted by Crippen LogP contribution is 2.33. The van der Waals surface area contributed by atoms with Crippen LogP contribution in [0, 0.1) is 0 Å². The van der Waals surface area contributed by atoms with Gasteiger partial charge in [-0.15, -0.1) is 0 Å². The molecule has 0 radical (unpaired) electrons. The number of esters is 1. The van der Waals surface area contributed by atoms with Gasteiger partial charge in [0, 0.05) is 36.2 Å². The molecular formula is C21H22N6O3. The Labute approximate surface area is 172 Å². The van der Waals surface area contributed by atoms with Crippen LogP contribution in [0.1, 0.15) is 26.0 Å². The molecule has 0 bridgehead atoms.